The van der Waals surface area contributed by atoms with E-state index in [1.807, 2.05) is 0 Å². The van der Waals surface area contributed by atoms with E-state index < -0.39 is 0 Å². The Hall–Kier alpha value is -1.02. The molecular weight excluding hydrogens is 222 g/mol. The van der Waals surface area contributed by atoms with Crippen molar-refractivity contribution >= 4 is 0 Å². The Bertz CT molecular complexity index is 358. The minimum absolute atomic E-state index is 0.498. The normalized spacial score (nSPS) is 17.9. The summed E-state index contributed by atoms with van der Waals surface area (Å²) in [6.07, 6.45) is 6.50. The van der Waals surface area contributed by atoms with E-state index in [0.717, 1.165) is 24.7 Å². The molecule has 0 spiro atoms. The largest absolute Gasteiger partial charge is 0.492 e. The minimum atomic E-state index is 0.498. The Balaban J connectivity index is 1.92. The van der Waals surface area contributed by atoms with E-state index in [0.29, 0.717) is 6.04 Å². The lowest BCUT2D eigenvalue weighted by Crippen LogP contribution is -2.37. The van der Waals surface area contributed by atoms with Gasteiger partial charge in [-0.3, -0.25) is 0 Å². The van der Waals surface area contributed by atoms with E-state index >= 15 is 0 Å². The number of likely N-dealkylation sites (N-methyl/N-ethyl adjacent to an activating group) is 1. The molecule has 0 aromatic heterocycles. The zero-order chi connectivity index (χ0) is 12.8. The van der Waals surface area contributed by atoms with Crippen LogP contribution in [0.5, 0.6) is 5.75 Å². The summed E-state index contributed by atoms with van der Waals surface area (Å²) in [5, 5.41) is 3.43. The molecule has 0 bridgehead atoms. The topological polar surface area (TPSA) is 21.3 Å². The maximum absolute atomic E-state index is 6.03. The highest BCUT2D eigenvalue weighted by molar-refractivity contribution is 5.33. The molecule has 1 unspecified atom stereocenters. The third-order valence-corrected chi connectivity index (χ3v) is 4.11. The fraction of sp³-hybridized carbons (Fsp3) is 0.625. The van der Waals surface area contributed by atoms with E-state index in [9.17, 15) is 0 Å². The summed E-state index contributed by atoms with van der Waals surface area (Å²) in [6.45, 7) is 2.97. The summed E-state index contributed by atoms with van der Waals surface area (Å²) in [6, 6.07) is 8.87. The van der Waals surface area contributed by atoms with E-state index in [-0.39, 0.29) is 0 Å². The molecule has 1 fully saturated rings. The molecule has 0 radical (unpaired) electrons. The standard InChI is InChI=1S/C16H25NO/c1-3-13-8-6-7-11-16(13)18-12-15(17-2)14-9-4-5-10-14/h6-8,11,14-15,17H,3-5,9-10,12H2,1-2H3. The molecule has 1 aliphatic rings. The van der Waals surface area contributed by atoms with Gasteiger partial charge >= 0.3 is 0 Å². The third kappa shape index (κ3) is 3.26. The van der Waals surface area contributed by atoms with E-state index in [1.165, 1.54) is 31.2 Å². The van der Waals surface area contributed by atoms with Gasteiger partial charge in [-0.2, -0.15) is 0 Å². The molecule has 1 N–H and O–H groups in total. The smallest absolute Gasteiger partial charge is 0.122 e. The highest BCUT2D eigenvalue weighted by Gasteiger charge is 2.24. The lowest BCUT2D eigenvalue weighted by atomic mass is 9.99. The number of ether oxygens (including phenoxy) is 1. The van der Waals surface area contributed by atoms with Gasteiger partial charge in [0.1, 0.15) is 12.4 Å². The van der Waals surface area contributed by atoms with Crippen molar-refractivity contribution in [3.63, 3.8) is 0 Å². The summed E-state index contributed by atoms with van der Waals surface area (Å²) < 4.78 is 6.03. The van der Waals surface area contributed by atoms with Gasteiger partial charge in [-0.15, -0.1) is 0 Å². The number of nitrogens with one attached hydrogen (secondary N) is 1. The number of para-hydroxylation sites is 1. The van der Waals surface area contributed by atoms with Gasteiger partial charge in [0, 0.05) is 6.04 Å². The van der Waals surface area contributed by atoms with Crippen LogP contribution in [0.1, 0.15) is 38.2 Å². The SMILES string of the molecule is CCc1ccccc1OCC(NC)C1CCCC1. The number of benzene rings is 1. The van der Waals surface area contributed by atoms with Crippen LogP contribution in [0.25, 0.3) is 0 Å². The molecule has 1 saturated carbocycles. The van der Waals surface area contributed by atoms with Crippen molar-refractivity contribution in [3.05, 3.63) is 29.8 Å². The molecule has 1 aliphatic carbocycles. The summed E-state index contributed by atoms with van der Waals surface area (Å²) >= 11 is 0. The zero-order valence-corrected chi connectivity index (χ0v) is 11.6. The van der Waals surface area contributed by atoms with E-state index in [1.54, 1.807) is 0 Å². The predicted octanol–water partition coefficient (Wildman–Crippen LogP) is 3.41. The highest BCUT2D eigenvalue weighted by atomic mass is 16.5. The van der Waals surface area contributed by atoms with Crippen LogP contribution >= 0.6 is 0 Å². The van der Waals surface area contributed by atoms with Gasteiger partial charge in [0.15, 0.2) is 0 Å². The monoisotopic (exact) mass is 247 g/mol. The number of aryl methyl sites for hydroxylation is 1. The van der Waals surface area contributed by atoms with Crippen LogP contribution < -0.4 is 10.1 Å². The molecule has 0 saturated heterocycles. The van der Waals surface area contributed by atoms with Crippen LogP contribution in [0.15, 0.2) is 24.3 Å². The average Bonchev–Trinajstić information content (AvgIpc) is 2.94. The van der Waals surface area contributed by atoms with Crippen molar-refractivity contribution in [2.75, 3.05) is 13.7 Å². The second-order valence-electron chi connectivity index (χ2n) is 5.21. The molecule has 0 amide bonds. The Kier molecular flexibility index (Phi) is 5.06. The summed E-state index contributed by atoms with van der Waals surface area (Å²) in [7, 11) is 2.05. The van der Waals surface area contributed by atoms with Crippen LogP contribution in [0.4, 0.5) is 0 Å². The quantitative estimate of drug-likeness (QED) is 0.832. The maximum atomic E-state index is 6.03. The molecule has 18 heavy (non-hydrogen) atoms. The molecular formula is C16H25NO. The van der Waals surface area contributed by atoms with Crippen LogP contribution in [0, 0.1) is 5.92 Å². The molecule has 1 aromatic carbocycles. The van der Waals surface area contributed by atoms with Gasteiger partial charge in [-0.1, -0.05) is 38.0 Å². The van der Waals surface area contributed by atoms with Crippen LogP contribution in [0.3, 0.4) is 0 Å². The summed E-state index contributed by atoms with van der Waals surface area (Å²) in [5.74, 6) is 1.85. The first-order valence-electron chi connectivity index (χ1n) is 7.23. The Morgan fingerprint density at radius 2 is 2.00 bits per heavy atom. The molecule has 0 heterocycles. The average molecular weight is 247 g/mol. The minimum Gasteiger partial charge on any atom is -0.492 e. The molecule has 0 aliphatic heterocycles. The summed E-state index contributed by atoms with van der Waals surface area (Å²) in [5.41, 5.74) is 1.30. The van der Waals surface area contributed by atoms with E-state index in [4.69, 9.17) is 4.74 Å². The van der Waals surface area contributed by atoms with Crippen molar-refractivity contribution in [1.29, 1.82) is 0 Å². The van der Waals surface area contributed by atoms with Gasteiger partial charge in [0.05, 0.1) is 0 Å². The maximum Gasteiger partial charge on any atom is 0.122 e. The second kappa shape index (κ2) is 6.79. The van der Waals surface area contributed by atoms with Gasteiger partial charge in [0.2, 0.25) is 0 Å². The molecule has 100 valence electrons. The molecule has 2 rings (SSSR count). The van der Waals surface area contributed by atoms with Crippen LogP contribution in [0.2, 0.25) is 0 Å². The van der Waals surface area contributed by atoms with Crippen LogP contribution in [-0.4, -0.2) is 19.7 Å². The molecule has 2 nitrogen and oxygen atoms in total. The predicted molar refractivity (Wildman–Crippen MR) is 76.1 cm³/mol. The Morgan fingerprint density at radius 3 is 2.67 bits per heavy atom. The number of hydrogen-bond donors (Lipinski definition) is 1. The fourth-order valence-electron chi connectivity index (χ4n) is 2.93. The molecule has 1 atom stereocenters. The van der Waals surface area contributed by atoms with Crippen LogP contribution in [-0.2, 0) is 6.42 Å². The third-order valence-electron chi connectivity index (χ3n) is 4.11. The van der Waals surface area contributed by atoms with Crippen molar-refractivity contribution < 1.29 is 4.74 Å². The zero-order valence-electron chi connectivity index (χ0n) is 11.6. The van der Waals surface area contributed by atoms with Crippen molar-refractivity contribution in [3.8, 4) is 5.75 Å². The lowest BCUT2D eigenvalue weighted by Gasteiger charge is -2.23. The van der Waals surface area contributed by atoms with E-state index in [2.05, 4.69) is 43.6 Å². The van der Waals surface area contributed by atoms with Gasteiger partial charge in [-0.05, 0) is 43.9 Å². The molecule has 1 aromatic rings. The lowest BCUT2D eigenvalue weighted by molar-refractivity contribution is 0.223. The first-order valence-corrected chi connectivity index (χ1v) is 7.23. The molecule has 2 heteroatoms. The van der Waals surface area contributed by atoms with Crippen molar-refractivity contribution in [2.45, 2.75) is 45.1 Å². The number of hydrogen-bond acceptors (Lipinski definition) is 2. The van der Waals surface area contributed by atoms with Gasteiger partial charge in [-0.25, -0.2) is 0 Å². The summed E-state index contributed by atoms with van der Waals surface area (Å²) in [4.78, 5) is 0. The number of rotatable bonds is 6. The second-order valence-corrected chi connectivity index (χ2v) is 5.21. The fourth-order valence-corrected chi connectivity index (χ4v) is 2.93. The Morgan fingerprint density at radius 1 is 1.28 bits per heavy atom. The highest BCUT2D eigenvalue weighted by Crippen LogP contribution is 2.28. The Labute approximate surface area is 111 Å². The van der Waals surface area contributed by atoms with Gasteiger partial charge < -0.3 is 10.1 Å². The van der Waals surface area contributed by atoms with Crippen molar-refractivity contribution in [2.24, 2.45) is 5.92 Å². The van der Waals surface area contributed by atoms with Crippen molar-refractivity contribution in [1.82, 2.24) is 5.32 Å². The van der Waals surface area contributed by atoms with Gasteiger partial charge in [0.25, 0.3) is 0 Å². The first-order chi connectivity index (χ1) is 8.85. The first kappa shape index (κ1) is 13.4.